The molecule has 0 aliphatic carbocycles. The van der Waals surface area contributed by atoms with Gasteiger partial charge in [0.1, 0.15) is 12.2 Å². The zero-order valence-corrected chi connectivity index (χ0v) is 16.0. The van der Waals surface area contributed by atoms with Crippen LogP contribution in [0.4, 0.5) is 0 Å². The molecule has 6 nitrogen and oxygen atoms in total. The van der Waals surface area contributed by atoms with E-state index in [4.69, 9.17) is 20.3 Å². The van der Waals surface area contributed by atoms with Gasteiger partial charge in [-0.05, 0) is 36.2 Å². The summed E-state index contributed by atoms with van der Waals surface area (Å²) in [6.07, 6.45) is 9.11. The minimum Gasteiger partial charge on any atom is -0.493 e. The number of amides is 1. The summed E-state index contributed by atoms with van der Waals surface area (Å²) >= 11 is 0. The minimum absolute atomic E-state index is 0.126. The Morgan fingerprint density at radius 2 is 2.17 bits per heavy atom. The van der Waals surface area contributed by atoms with E-state index < -0.39 is 5.91 Å². The summed E-state index contributed by atoms with van der Waals surface area (Å²) < 4.78 is 16.5. The molecule has 146 valence electrons. The molecule has 0 atom stereocenters. The normalized spacial score (nSPS) is 10.6. The monoisotopic (exact) mass is 388 g/mol. The molecule has 0 saturated carbocycles. The summed E-state index contributed by atoms with van der Waals surface area (Å²) in [7, 11) is 1.54. The molecule has 1 amide bonds. The number of hydrogen-bond donors (Lipinski definition) is 1. The zero-order valence-electron chi connectivity index (χ0n) is 16.0. The van der Waals surface area contributed by atoms with Gasteiger partial charge in [0, 0.05) is 10.9 Å². The number of hydrogen-bond acceptors (Lipinski definition) is 5. The first kappa shape index (κ1) is 19.8. The number of methoxy groups -OCH3 is 1. The third-order valence-electron chi connectivity index (χ3n) is 4.07. The van der Waals surface area contributed by atoms with Crippen molar-refractivity contribution in [2.24, 2.45) is 5.10 Å². The standard InChI is InChI=1S/C23H20N2O4/c1-4-8-18-12-16(13-20(27-3)22(18)28-11-5-2)15-24-25-23(26)21-14-17-9-6-7-10-19(17)29-21/h2,4,6-7,9-10,12-15H,1,8,11H2,3H3,(H,25,26)/b24-15+. The Morgan fingerprint density at radius 1 is 1.34 bits per heavy atom. The van der Waals surface area contributed by atoms with E-state index in [9.17, 15) is 4.79 Å². The van der Waals surface area contributed by atoms with Crippen LogP contribution >= 0.6 is 0 Å². The highest BCUT2D eigenvalue weighted by Crippen LogP contribution is 2.33. The predicted molar refractivity (Wildman–Crippen MR) is 112 cm³/mol. The van der Waals surface area contributed by atoms with E-state index in [0.717, 1.165) is 16.5 Å². The molecule has 6 heteroatoms. The smallest absolute Gasteiger partial charge is 0.307 e. The van der Waals surface area contributed by atoms with Gasteiger partial charge < -0.3 is 13.9 Å². The summed E-state index contributed by atoms with van der Waals surface area (Å²) in [4.78, 5) is 12.3. The maximum absolute atomic E-state index is 12.3. The Balaban J connectivity index is 1.78. The van der Waals surface area contributed by atoms with Gasteiger partial charge in [0.15, 0.2) is 17.3 Å². The van der Waals surface area contributed by atoms with Gasteiger partial charge in [-0.2, -0.15) is 5.10 Å². The number of fused-ring (bicyclic) bond motifs is 1. The van der Waals surface area contributed by atoms with E-state index in [-0.39, 0.29) is 12.4 Å². The Hall–Kier alpha value is -3.98. The molecule has 0 aliphatic heterocycles. The Labute approximate surface area is 168 Å². The number of rotatable bonds is 8. The number of carbonyl (C=O) groups is 1. The topological polar surface area (TPSA) is 73.1 Å². The van der Waals surface area contributed by atoms with E-state index >= 15 is 0 Å². The Bertz CT molecular complexity index is 1070. The van der Waals surface area contributed by atoms with Crippen molar-refractivity contribution in [1.82, 2.24) is 5.43 Å². The molecule has 1 heterocycles. The average Bonchev–Trinajstić information content (AvgIpc) is 3.17. The van der Waals surface area contributed by atoms with Crippen molar-refractivity contribution in [2.75, 3.05) is 13.7 Å². The molecular weight excluding hydrogens is 368 g/mol. The van der Waals surface area contributed by atoms with Gasteiger partial charge in [0.25, 0.3) is 0 Å². The van der Waals surface area contributed by atoms with Crippen molar-refractivity contribution >= 4 is 23.1 Å². The number of para-hydroxylation sites is 1. The molecule has 0 unspecified atom stereocenters. The van der Waals surface area contributed by atoms with E-state index in [1.807, 2.05) is 24.3 Å². The summed E-state index contributed by atoms with van der Waals surface area (Å²) in [6.45, 7) is 3.89. The van der Waals surface area contributed by atoms with Gasteiger partial charge in [-0.1, -0.05) is 30.2 Å². The lowest BCUT2D eigenvalue weighted by Gasteiger charge is -2.14. The first-order valence-electron chi connectivity index (χ1n) is 8.86. The predicted octanol–water partition coefficient (Wildman–Crippen LogP) is 3.95. The first-order chi connectivity index (χ1) is 14.2. The molecular formula is C23H20N2O4. The highest BCUT2D eigenvalue weighted by Gasteiger charge is 2.13. The summed E-state index contributed by atoms with van der Waals surface area (Å²) in [5, 5.41) is 4.87. The first-order valence-corrected chi connectivity index (χ1v) is 8.86. The van der Waals surface area contributed by atoms with Crippen LogP contribution in [0.2, 0.25) is 0 Å². The summed E-state index contributed by atoms with van der Waals surface area (Å²) in [5.41, 5.74) is 4.67. The maximum atomic E-state index is 12.3. The van der Waals surface area contributed by atoms with Crippen molar-refractivity contribution in [3.05, 3.63) is 72.0 Å². The number of ether oxygens (including phenoxy) is 2. The third kappa shape index (κ3) is 4.66. The second-order valence-electron chi connectivity index (χ2n) is 6.04. The fourth-order valence-electron chi connectivity index (χ4n) is 2.81. The lowest BCUT2D eigenvalue weighted by molar-refractivity contribution is 0.0929. The SMILES string of the molecule is C#CCOc1c(CC=C)cc(/C=N/NC(=O)c2cc3ccccc3o2)cc1OC. The highest BCUT2D eigenvalue weighted by atomic mass is 16.5. The van der Waals surface area contributed by atoms with Gasteiger partial charge in [-0.3, -0.25) is 4.79 Å². The van der Waals surface area contributed by atoms with Crippen LogP contribution in [-0.4, -0.2) is 25.8 Å². The van der Waals surface area contributed by atoms with Crippen LogP contribution in [0.25, 0.3) is 11.0 Å². The van der Waals surface area contributed by atoms with Crippen molar-refractivity contribution < 1.29 is 18.7 Å². The van der Waals surface area contributed by atoms with Crippen molar-refractivity contribution in [2.45, 2.75) is 6.42 Å². The van der Waals surface area contributed by atoms with Gasteiger partial charge in [0.2, 0.25) is 0 Å². The number of hydrazone groups is 1. The van der Waals surface area contributed by atoms with Crippen molar-refractivity contribution in [3.63, 3.8) is 0 Å². The maximum Gasteiger partial charge on any atom is 0.307 e. The molecule has 0 aliphatic rings. The van der Waals surface area contributed by atoms with Crippen molar-refractivity contribution in [1.29, 1.82) is 0 Å². The zero-order chi connectivity index (χ0) is 20.6. The van der Waals surface area contributed by atoms with Gasteiger partial charge in [0.05, 0.1) is 13.3 Å². The third-order valence-corrected chi connectivity index (χ3v) is 4.07. The van der Waals surface area contributed by atoms with E-state index in [1.54, 1.807) is 31.4 Å². The van der Waals surface area contributed by atoms with Crippen LogP contribution in [0.15, 0.2) is 64.6 Å². The number of terminal acetylenes is 1. The van der Waals surface area contributed by atoms with Crippen LogP contribution < -0.4 is 14.9 Å². The molecule has 29 heavy (non-hydrogen) atoms. The minimum atomic E-state index is -0.440. The number of nitrogens with one attached hydrogen (secondary N) is 1. The van der Waals surface area contributed by atoms with Crippen LogP contribution in [0.5, 0.6) is 11.5 Å². The largest absolute Gasteiger partial charge is 0.493 e. The number of furan rings is 1. The Morgan fingerprint density at radius 3 is 2.90 bits per heavy atom. The van der Waals surface area contributed by atoms with Gasteiger partial charge >= 0.3 is 5.91 Å². The molecule has 1 aromatic heterocycles. The second kappa shape index (κ2) is 9.29. The van der Waals surface area contributed by atoms with E-state index in [0.29, 0.717) is 23.5 Å². The highest BCUT2D eigenvalue weighted by molar-refractivity contribution is 5.96. The molecule has 0 spiro atoms. The second-order valence-corrected chi connectivity index (χ2v) is 6.04. The summed E-state index contributed by atoms with van der Waals surface area (Å²) in [5.74, 6) is 3.27. The number of allylic oxidation sites excluding steroid dienone is 1. The molecule has 0 bridgehead atoms. The van der Waals surface area contributed by atoms with Crippen molar-refractivity contribution in [3.8, 4) is 23.8 Å². The van der Waals surface area contributed by atoms with Crippen LogP contribution in [0.3, 0.4) is 0 Å². The molecule has 3 aromatic rings. The van der Waals surface area contributed by atoms with E-state index in [1.165, 1.54) is 6.21 Å². The molecule has 1 N–H and O–H groups in total. The van der Waals surface area contributed by atoms with E-state index in [2.05, 4.69) is 23.0 Å². The molecule has 2 aromatic carbocycles. The number of nitrogens with zero attached hydrogens (tertiary/aromatic N) is 1. The van der Waals surface area contributed by atoms with Crippen LogP contribution in [0, 0.1) is 12.3 Å². The number of benzene rings is 2. The lowest BCUT2D eigenvalue weighted by Crippen LogP contribution is -2.16. The lowest BCUT2D eigenvalue weighted by atomic mass is 10.1. The molecule has 0 fully saturated rings. The van der Waals surface area contributed by atoms with Crippen LogP contribution in [-0.2, 0) is 6.42 Å². The van der Waals surface area contributed by atoms with Gasteiger partial charge in [-0.15, -0.1) is 13.0 Å². The quantitative estimate of drug-likeness (QED) is 0.275. The Kier molecular flexibility index (Phi) is 6.33. The fourth-order valence-corrected chi connectivity index (χ4v) is 2.81. The number of carbonyl (C=O) groups excluding carboxylic acids is 1. The van der Waals surface area contributed by atoms with Crippen LogP contribution in [0.1, 0.15) is 21.7 Å². The summed E-state index contributed by atoms with van der Waals surface area (Å²) in [6, 6.07) is 12.7. The molecule has 0 saturated heterocycles. The fraction of sp³-hybridized carbons (Fsp3) is 0.130. The van der Waals surface area contributed by atoms with Gasteiger partial charge in [-0.25, -0.2) is 5.43 Å². The average molecular weight is 388 g/mol. The molecule has 0 radical (unpaired) electrons. The molecule has 3 rings (SSSR count).